The van der Waals surface area contributed by atoms with Gasteiger partial charge in [0.2, 0.25) is 0 Å². The minimum atomic E-state index is 0.462. The van der Waals surface area contributed by atoms with Gasteiger partial charge in [-0.2, -0.15) is 0 Å². The maximum atomic E-state index is 10.8. The Bertz CT molecular complexity index is 170. The molecule has 1 saturated heterocycles. The third-order valence-electron chi connectivity index (χ3n) is 3.19. The lowest BCUT2D eigenvalue weighted by Crippen LogP contribution is -2.46. The van der Waals surface area contributed by atoms with Crippen LogP contribution in [0.1, 0.15) is 25.7 Å². The zero-order valence-electron chi connectivity index (χ0n) is 7.10. The van der Waals surface area contributed by atoms with Crippen LogP contribution in [0.4, 0.5) is 0 Å². The first-order valence-corrected chi connectivity index (χ1v) is 4.41. The molecule has 1 aliphatic heterocycles. The second-order valence-electron chi connectivity index (χ2n) is 4.20. The minimum Gasteiger partial charge on any atom is -0.306 e. The summed E-state index contributed by atoms with van der Waals surface area (Å²) < 4.78 is 0. The molecule has 62 valence electrons. The summed E-state index contributed by atoms with van der Waals surface area (Å²) in [4.78, 5) is 13.2. The molecule has 2 aliphatic rings. The van der Waals surface area contributed by atoms with Crippen LogP contribution >= 0.6 is 0 Å². The van der Waals surface area contributed by atoms with Crippen LogP contribution in [0, 0.1) is 5.41 Å². The van der Waals surface area contributed by atoms with Gasteiger partial charge in [-0.05, 0) is 38.4 Å². The van der Waals surface area contributed by atoms with Crippen molar-refractivity contribution in [2.45, 2.75) is 25.7 Å². The van der Waals surface area contributed by atoms with Gasteiger partial charge in [-0.25, -0.2) is 0 Å². The Morgan fingerprint density at radius 2 is 1.82 bits per heavy atom. The monoisotopic (exact) mass is 153 g/mol. The molecule has 0 aromatic carbocycles. The number of carbonyl (C=O) groups excluding carboxylic acids is 1. The molecule has 1 aliphatic carbocycles. The molecule has 2 nitrogen and oxygen atoms in total. The fourth-order valence-corrected chi connectivity index (χ4v) is 2.23. The molecular formula is C9H15NO. The highest BCUT2D eigenvalue weighted by atomic mass is 16.1. The number of hydrogen-bond acceptors (Lipinski definition) is 2. The number of rotatable bonds is 0. The number of Topliss-reactive ketones (excluding diaryl/α,β-unsaturated/α-hetero) is 1. The maximum absolute atomic E-state index is 10.8. The van der Waals surface area contributed by atoms with Crippen LogP contribution in [-0.4, -0.2) is 30.8 Å². The summed E-state index contributed by atoms with van der Waals surface area (Å²) in [6.07, 6.45) is 4.24. The van der Waals surface area contributed by atoms with Crippen LogP contribution in [0.15, 0.2) is 0 Å². The molecule has 0 unspecified atom stereocenters. The second kappa shape index (κ2) is 2.31. The van der Waals surface area contributed by atoms with E-state index >= 15 is 0 Å². The molecule has 2 rings (SSSR count). The van der Waals surface area contributed by atoms with E-state index in [1.54, 1.807) is 0 Å². The molecule has 0 radical (unpaired) electrons. The van der Waals surface area contributed by atoms with E-state index in [-0.39, 0.29) is 0 Å². The summed E-state index contributed by atoms with van der Waals surface area (Å²) in [5.41, 5.74) is 0.462. The van der Waals surface area contributed by atoms with Crippen molar-refractivity contribution in [3.05, 3.63) is 0 Å². The molecule has 0 N–H and O–H groups in total. The first-order valence-electron chi connectivity index (χ1n) is 4.41. The molecule has 0 bridgehead atoms. The highest BCUT2D eigenvalue weighted by Crippen LogP contribution is 2.46. The summed E-state index contributed by atoms with van der Waals surface area (Å²) in [6, 6.07) is 0. The van der Waals surface area contributed by atoms with Crippen LogP contribution in [-0.2, 0) is 4.79 Å². The molecule has 0 aromatic rings. The van der Waals surface area contributed by atoms with E-state index in [0.29, 0.717) is 11.2 Å². The van der Waals surface area contributed by atoms with E-state index < -0.39 is 0 Å². The van der Waals surface area contributed by atoms with E-state index in [1.807, 2.05) is 0 Å². The van der Waals surface area contributed by atoms with Gasteiger partial charge in [0, 0.05) is 12.8 Å². The van der Waals surface area contributed by atoms with Crippen molar-refractivity contribution in [1.29, 1.82) is 0 Å². The van der Waals surface area contributed by atoms with Gasteiger partial charge in [-0.3, -0.25) is 4.79 Å². The molecular weight excluding hydrogens is 138 g/mol. The fraction of sp³-hybridized carbons (Fsp3) is 0.889. The van der Waals surface area contributed by atoms with Gasteiger partial charge >= 0.3 is 0 Å². The molecule has 0 amide bonds. The smallest absolute Gasteiger partial charge is 0.134 e. The number of carbonyl (C=O) groups is 1. The summed E-state index contributed by atoms with van der Waals surface area (Å²) in [6.45, 7) is 2.38. The number of hydrogen-bond donors (Lipinski definition) is 0. The molecule has 0 atom stereocenters. The van der Waals surface area contributed by atoms with Gasteiger partial charge in [-0.15, -0.1) is 0 Å². The predicted molar refractivity (Wildman–Crippen MR) is 43.4 cm³/mol. The quantitative estimate of drug-likeness (QED) is 0.518. The largest absolute Gasteiger partial charge is 0.306 e. The third kappa shape index (κ3) is 1.20. The number of nitrogens with zero attached hydrogens (tertiary/aromatic N) is 1. The van der Waals surface area contributed by atoms with E-state index in [4.69, 9.17) is 0 Å². The average Bonchev–Trinajstić information content (AvgIpc) is 1.92. The van der Waals surface area contributed by atoms with E-state index in [1.165, 1.54) is 25.9 Å². The first-order chi connectivity index (χ1) is 5.20. The normalized spacial score (nSPS) is 30.5. The van der Waals surface area contributed by atoms with Crippen molar-refractivity contribution >= 4 is 5.78 Å². The van der Waals surface area contributed by atoms with E-state index in [0.717, 1.165) is 12.8 Å². The summed E-state index contributed by atoms with van der Waals surface area (Å²) in [5, 5.41) is 0. The highest BCUT2D eigenvalue weighted by molar-refractivity contribution is 5.86. The Hall–Kier alpha value is -0.370. The Labute approximate surface area is 67.6 Å². The van der Waals surface area contributed by atoms with Gasteiger partial charge in [0.25, 0.3) is 0 Å². The Morgan fingerprint density at radius 3 is 2.27 bits per heavy atom. The zero-order valence-corrected chi connectivity index (χ0v) is 7.10. The minimum absolute atomic E-state index is 0.462. The van der Waals surface area contributed by atoms with Crippen molar-refractivity contribution in [2.24, 2.45) is 5.41 Å². The molecule has 0 aromatic heterocycles. The number of ketones is 1. The van der Waals surface area contributed by atoms with Gasteiger partial charge in [0.05, 0.1) is 0 Å². The van der Waals surface area contributed by atoms with Gasteiger partial charge < -0.3 is 4.90 Å². The number of piperidine rings is 1. The predicted octanol–water partition coefficient (Wildman–Crippen LogP) is 1.06. The Morgan fingerprint density at radius 1 is 1.27 bits per heavy atom. The molecule has 2 fully saturated rings. The lowest BCUT2D eigenvalue weighted by molar-refractivity contribution is -0.135. The number of likely N-dealkylation sites (tertiary alicyclic amines) is 1. The topological polar surface area (TPSA) is 20.3 Å². The lowest BCUT2D eigenvalue weighted by atomic mass is 9.62. The van der Waals surface area contributed by atoms with Crippen molar-refractivity contribution < 1.29 is 4.79 Å². The van der Waals surface area contributed by atoms with Gasteiger partial charge in [-0.1, -0.05) is 0 Å². The first kappa shape index (κ1) is 7.29. The van der Waals surface area contributed by atoms with E-state index in [9.17, 15) is 4.79 Å². The summed E-state index contributed by atoms with van der Waals surface area (Å²) >= 11 is 0. The summed E-state index contributed by atoms with van der Waals surface area (Å²) in [7, 11) is 2.16. The molecule has 11 heavy (non-hydrogen) atoms. The van der Waals surface area contributed by atoms with Crippen LogP contribution in [0.3, 0.4) is 0 Å². The van der Waals surface area contributed by atoms with Gasteiger partial charge in [0.1, 0.15) is 5.78 Å². The third-order valence-corrected chi connectivity index (χ3v) is 3.19. The summed E-state index contributed by atoms with van der Waals surface area (Å²) in [5.74, 6) is 0.481. The average molecular weight is 153 g/mol. The van der Waals surface area contributed by atoms with Crippen LogP contribution in [0.25, 0.3) is 0 Å². The maximum Gasteiger partial charge on any atom is 0.134 e. The Balaban J connectivity index is 1.92. The standard InChI is InChI=1S/C9H15NO/c1-10-4-2-9(3-5-10)6-8(11)7-9/h2-7H2,1H3. The van der Waals surface area contributed by atoms with Gasteiger partial charge in [0.15, 0.2) is 0 Å². The van der Waals surface area contributed by atoms with Crippen LogP contribution in [0.2, 0.25) is 0 Å². The Kier molecular flexibility index (Phi) is 1.53. The molecule has 2 heteroatoms. The van der Waals surface area contributed by atoms with Crippen molar-refractivity contribution in [3.8, 4) is 0 Å². The van der Waals surface area contributed by atoms with Crippen LogP contribution in [0.5, 0.6) is 0 Å². The van der Waals surface area contributed by atoms with Crippen molar-refractivity contribution in [2.75, 3.05) is 20.1 Å². The van der Waals surface area contributed by atoms with Crippen molar-refractivity contribution in [1.82, 2.24) is 4.90 Å². The van der Waals surface area contributed by atoms with Crippen molar-refractivity contribution in [3.63, 3.8) is 0 Å². The van der Waals surface area contributed by atoms with E-state index in [2.05, 4.69) is 11.9 Å². The molecule has 1 spiro atoms. The molecule has 1 heterocycles. The lowest BCUT2D eigenvalue weighted by Gasteiger charge is -2.45. The zero-order chi connectivity index (χ0) is 7.90. The molecule has 1 saturated carbocycles. The van der Waals surface area contributed by atoms with Crippen LogP contribution < -0.4 is 0 Å². The SMILES string of the molecule is CN1CCC2(CC1)CC(=O)C2. The second-order valence-corrected chi connectivity index (χ2v) is 4.20. The highest BCUT2D eigenvalue weighted by Gasteiger charge is 2.44. The fourth-order valence-electron chi connectivity index (χ4n) is 2.23.